The standard InChI is InChI=1S/C12H17N3O3/c1-13-11-6-5-10(15(16)17)12(14-11)18-8-7-9-3-2-4-9/h5-6,9H,2-4,7-8H2,1H3,(H,13,14). The van der Waals surface area contributed by atoms with Crippen molar-refractivity contribution in [2.24, 2.45) is 5.92 Å². The van der Waals surface area contributed by atoms with Crippen molar-refractivity contribution in [1.82, 2.24) is 4.98 Å². The Labute approximate surface area is 106 Å². The maximum atomic E-state index is 10.9. The van der Waals surface area contributed by atoms with Crippen molar-refractivity contribution < 1.29 is 9.66 Å². The summed E-state index contributed by atoms with van der Waals surface area (Å²) in [6, 6.07) is 2.98. The Morgan fingerprint density at radius 1 is 1.56 bits per heavy atom. The van der Waals surface area contributed by atoms with Gasteiger partial charge in [-0.15, -0.1) is 0 Å². The van der Waals surface area contributed by atoms with Crippen molar-refractivity contribution >= 4 is 11.5 Å². The van der Waals surface area contributed by atoms with Crippen LogP contribution in [0, 0.1) is 16.0 Å². The van der Waals surface area contributed by atoms with E-state index in [9.17, 15) is 10.1 Å². The van der Waals surface area contributed by atoms with Crippen LogP contribution in [0.2, 0.25) is 0 Å². The smallest absolute Gasteiger partial charge is 0.331 e. The zero-order valence-corrected chi connectivity index (χ0v) is 10.4. The largest absolute Gasteiger partial charge is 0.473 e. The lowest BCUT2D eigenvalue weighted by Gasteiger charge is -2.24. The first-order chi connectivity index (χ1) is 8.70. The number of ether oxygens (including phenoxy) is 1. The van der Waals surface area contributed by atoms with Gasteiger partial charge in [-0.05, 0) is 18.4 Å². The minimum atomic E-state index is -0.467. The van der Waals surface area contributed by atoms with Gasteiger partial charge in [-0.2, -0.15) is 4.98 Å². The van der Waals surface area contributed by atoms with Gasteiger partial charge in [0.25, 0.3) is 5.88 Å². The van der Waals surface area contributed by atoms with Crippen LogP contribution in [0.4, 0.5) is 11.5 Å². The first kappa shape index (κ1) is 12.6. The fraction of sp³-hybridized carbons (Fsp3) is 0.583. The van der Waals surface area contributed by atoms with E-state index in [1.807, 2.05) is 0 Å². The second-order valence-corrected chi connectivity index (χ2v) is 4.46. The van der Waals surface area contributed by atoms with Crippen LogP contribution in [0.3, 0.4) is 0 Å². The van der Waals surface area contributed by atoms with Crippen molar-refractivity contribution in [3.63, 3.8) is 0 Å². The third-order valence-corrected chi connectivity index (χ3v) is 3.28. The summed E-state index contributed by atoms with van der Waals surface area (Å²) in [5.74, 6) is 1.39. The van der Waals surface area contributed by atoms with Crippen molar-refractivity contribution in [2.75, 3.05) is 19.0 Å². The fourth-order valence-electron chi connectivity index (χ4n) is 1.92. The molecule has 1 saturated carbocycles. The van der Waals surface area contributed by atoms with Gasteiger partial charge < -0.3 is 10.1 Å². The lowest BCUT2D eigenvalue weighted by Crippen LogP contribution is -2.15. The zero-order valence-electron chi connectivity index (χ0n) is 10.4. The van der Waals surface area contributed by atoms with Gasteiger partial charge in [-0.1, -0.05) is 19.3 Å². The molecule has 1 aromatic heterocycles. The Kier molecular flexibility index (Phi) is 3.96. The molecule has 0 saturated heterocycles. The quantitative estimate of drug-likeness (QED) is 0.621. The Morgan fingerprint density at radius 2 is 2.33 bits per heavy atom. The molecule has 0 spiro atoms. The highest BCUT2D eigenvalue weighted by Crippen LogP contribution is 2.30. The van der Waals surface area contributed by atoms with Gasteiger partial charge in [0.05, 0.1) is 11.5 Å². The van der Waals surface area contributed by atoms with Crippen LogP contribution >= 0.6 is 0 Å². The molecule has 6 heteroatoms. The van der Waals surface area contributed by atoms with Crippen molar-refractivity contribution in [2.45, 2.75) is 25.7 Å². The topological polar surface area (TPSA) is 77.3 Å². The minimum Gasteiger partial charge on any atom is -0.473 e. The maximum absolute atomic E-state index is 10.9. The Bertz CT molecular complexity index is 433. The molecule has 6 nitrogen and oxygen atoms in total. The van der Waals surface area contributed by atoms with E-state index in [0.717, 1.165) is 12.3 Å². The predicted molar refractivity (Wildman–Crippen MR) is 67.9 cm³/mol. The summed E-state index contributed by atoms with van der Waals surface area (Å²) in [6.07, 6.45) is 4.73. The average molecular weight is 251 g/mol. The van der Waals surface area contributed by atoms with E-state index in [-0.39, 0.29) is 11.6 Å². The molecule has 0 atom stereocenters. The third kappa shape index (κ3) is 2.88. The summed E-state index contributed by atoms with van der Waals surface area (Å²) < 4.78 is 5.45. The Hall–Kier alpha value is -1.85. The summed E-state index contributed by atoms with van der Waals surface area (Å²) in [5, 5.41) is 13.7. The molecule has 1 N–H and O–H groups in total. The number of anilines is 1. The number of hydrogen-bond acceptors (Lipinski definition) is 5. The van der Waals surface area contributed by atoms with Gasteiger partial charge in [0.2, 0.25) is 0 Å². The molecule has 0 radical (unpaired) electrons. The number of aromatic nitrogens is 1. The molecule has 1 heterocycles. The monoisotopic (exact) mass is 251 g/mol. The molecule has 0 unspecified atom stereocenters. The van der Waals surface area contributed by atoms with Crippen LogP contribution < -0.4 is 10.1 Å². The molecule has 1 aliphatic carbocycles. The number of nitrogens with one attached hydrogen (secondary N) is 1. The van der Waals surface area contributed by atoms with Crippen LogP contribution in [0.1, 0.15) is 25.7 Å². The van der Waals surface area contributed by atoms with Crippen LogP contribution in [0.25, 0.3) is 0 Å². The normalized spacial score (nSPS) is 14.9. The van der Waals surface area contributed by atoms with E-state index in [2.05, 4.69) is 10.3 Å². The van der Waals surface area contributed by atoms with Gasteiger partial charge in [0, 0.05) is 13.1 Å². The highest BCUT2D eigenvalue weighted by molar-refractivity contribution is 5.48. The van der Waals surface area contributed by atoms with E-state index >= 15 is 0 Å². The number of nitro groups is 1. The van der Waals surface area contributed by atoms with Gasteiger partial charge in [0.1, 0.15) is 5.82 Å². The minimum absolute atomic E-state index is 0.0809. The molecule has 1 aromatic rings. The molecule has 0 amide bonds. The second-order valence-electron chi connectivity index (χ2n) is 4.46. The van der Waals surface area contributed by atoms with E-state index < -0.39 is 4.92 Å². The summed E-state index contributed by atoms with van der Waals surface area (Å²) >= 11 is 0. The molecular formula is C12H17N3O3. The highest BCUT2D eigenvalue weighted by Gasteiger charge is 2.20. The summed E-state index contributed by atoms with van der Waals surface area (Å²) in [6.45, 7) is 0.492. The fourth-order valence-corrected chi connectivity index (χ4v) is 1.92. The molecule has 0 aliphatic heterocycles. The lowest BCUT2D eigenvalue weighted by atomic mass is 9.83. The van der Waals surface area contributed by atoms with Gasteiger partial charge >= 0.3 is 5.69 Å². The van der Waals surface area contributed by atoms with Crippen molar-refractivity contribution in [3.8, 4) is 5.88 Å². The van der Waals surface area contributed by atoms with Crippen LogP contribution in [0.5, 0.6) is 5.88 Å². The molecule has 0 aromatic carbocycles. The van der Waals surface area contributed by atoms with Gasteiger partial charge in [-0.25, -0.2) is 0 Å². The number of rotatable bonds is 6. The third-order valence-electron chi connectivity index (χ3n) is 3.28. The Balaban J connectivity index is 2.00. The SMILES string of the molecule is CNc1ccc([N+](=O)[O-])c(OCCC2CCC2)n1. The predicted octanol–water partition coefficient (Wildman–Crippen LogP) is 2.60. The Morgan fingerprint density at radius 3 is 2.89 bits per heavy atom. The lowest BCUT2D eigenvalue weighted by molar-refractivity contribution is -0.386. The van der Waals surface area contributed by atoms with E-state index in [0.29, 0.717) is 12.4 Å². The first-order valence-corrected chi connectivity index (χ1v) is 6.16. The van der Waals surface area contributed by atoms with Crippen LogP contribution in [-0.2, 0) is 0 Å². The average Bonchev–Trinajstić information content (AvgIpc) is 2.31. The first-order valence-electron chi connectivity index (χ1n) is 6.16. The molecule has 18 heavy (non-hydrogen) atoms. The second kappa shape index (κ2) is 5.66. The molecule has 1 fully saturated rings. The zero-order chi connectivity index (χ0) is 13.0. The molecule has 98 valence electrons. The van der Waals surface area contributed by atoms with Crippen molar-refractivity contribution in [1.29, 1.82) is 0 Å². The highest BCUT2D eigenvalue weighted by atomic mass is 16.6. The van der Waals surface area contributed by atoms with E-state index in [1.165, 1.54) is 25.3 Å². The van der Waals surface area contributed by atoms with E-state index in [4.69, 9.17) is 4.74 Å². The molecule has 2 rings (SSSR count). The van der Waals surface area contributed by atoms with Crippen LogP contribution in [0.15, 0.2) is 12.1 Å². The summed E-state index contributed by atoms with van der Waals surface area (Å²) in [4.78, 5) is 14.5. The van der Waals surface area contributed by atoms with E-state index in [1.54, 1.807) is 13.1 Å². The maximum Gasteiger partial charge on any atom is 0.331 e. The summed E-state index contributed by atoms with van der Waals surface area (Å²) in [5.41, 5.74) is -0.0809. The number of pyridine rings is 1. The van der Waals surface area contributed by atoms with Gasteiger partial charge in [-0.3, -0.25) is 10.1 Å². The number of hydrogen-bond donors (Lipinski definition) is 1. The van der Waals surface area contributed by atoms with Crippen LogP contribution in [-0.4, -0.2) is 23.6 Å². The van der Waals surface area contributed by atoms with Gasteiger partial charge in [0.15, 0.2) is 0 Å². The molecular weight excluding hydrogens is 234 g/mol. The number of nitrogens with zero attached hydrogens (tertiary/aromatic N) is 2. The molecule has 0 bridgehead atoms. The van der Waals surface area contributed by atoms with Crippen molar-refractivity contribution in [3.05, 3.63) is 22.2 Å². The summed E-state index contributed by atoms with van der Waals surface area (Å²) in [7, 11) is 1.71. The molecule has 1 aliphatic rings.